The van der Waals surface area contributed by atoms with E-state index in [9.17, 15) is 14.4 Å². The minimum absolute atomic E-state index is 0.0107. The highest BCUT2D eigenvalue weighted by Gasteiger charge is 2.37. The molecule has 140 valence electrons. The maximum absolute atomic E-state index is 12.6. The number of rotatable bonds is 5. The number of ether oxygens (including phenoxy) is 2. The summed E-state index contributed by atoms with van der Waals surface area (Å²) in [5, 5.41) is 0.458. The zero-order valence-corrected chi connectivity index (χ0v) is 15.7. The van der Waals surface area contributed by atoms with E-state index in [0.29, 0.717) is 22.0 Å². The van der Waals surface area contributed by atoms with E-state index in [1.54, 1.807) is 42.5 Å². The number of para-hydroxylation sites is 1. The number of nitrogens with zero attached hydrogens (tertiary/aromatic N) is 1. The molecule has 2 aromatic rings. The van der Waals surface area contributed by atoms with E-state index in [1.165, 1.54) is 18.9 Å². The van der Waals surface area contributed by atoms with Crippen molar-refractivity contribution >= 4 is 34.9 Å². The number of hydrogen-bond acceptors (Lipinski definition) is 5. The molecule has 3 rings (SSSR count). The number of benzene rings is 2. The topological polar surface area (TPSA) is 72.9 Å². The van der Waals surface area contributed by atoms with Crippen LogP contribution in [0.2, 0.25) is 5.02 Å². The van der Waals surface area contributed by atoms with E-state index >= 15 is 0 Å². The third kappa shape index (κ3) is 3.95. The molecule has 0 saturated carbocycles. The van der Waals surface area contributed by atoms with E-state index in [1.807, 2.05) is 0 Å². The first kappa shape index (κ1) is 18.9. The summed E-state index contributed by atoms with van der Waals surface area (Å²) in [5.74, 6) is -0.949. The molecular formula is C20H18ClNO5. The summed E-state index contributed by atoms with van der Waals surface area (Å²) in [6.45, 7) is 1.55. The molecule has 1 amide bonds. The fourth-order valence-electron chi connectivity index (χ4n) is 3.01. The lowest BCUT2D eigenvalue weighted by molar-refractivity contribution is -0.139. The van der Waals surface area contributed by atoms with Crippen LogP contribution in [0, 0.1) is 5.92 Å². The van der Waals surface area contributed by atoms with Crippen molar-refractivity contribution in [3.8, 4) is 11.5 Å². The third-order valence-electron chi connectivity index (χ3n) is 4.37. The quantitative estimate of drug-likeness (QED) is 0.446. The molecule has 0 unspecified atom stereocenters. The zero-order valence-electron chi connectivity index (χ0n) is 14.9. The predicted molar refractivity (Wildman–Crippen MR) is 101 cm³/mol. The molecular weight excluding hydrogens is 370 g/mol. The maximum atomic E-state index is 12.6. The van der Waals surface area contributed by atoms with E-state index < -0.39 is 11.9 Å². The van der Waals surface area contributed by atoms with Crippen molar-refractivity contribution < 1.29 is 23.9 Å². The molecule has 1 heterocycles. The number of amides is 1. The fourth-order valence-corrected chi connectivity index (χ4v) is 3.18. The molecule has 1 atom stereocenters. The van der Waals surface area contributed by atoms with Crippen LogP contribution in [0.1, 0.15) is 23.7 Å². The van der Waals surface area contributed by atoms with Gasteiger partial charge in [0.25, 0.3) is 0 Å². The SMILES string of the molecule is COc1ccc(Cl)cc1N1C[C@@H](C(=O)Oc2ccccc2C(C)=O)CC1=O. The van der Waals surface area contributed by atoms with Gasteiger partial charge in [-0.15, -0.1) is 0 Å². The lowest BCUT2D eigenvalue weighted by atomic mass is 10.1. The first-order chi connectivity index (χ1) is 12.9. The van der Waals surface area contributed by atoms with Crippen LogP contribution in [0.3, 0.4) is 0 Å². The first-order valence-electron chi connectivity index (χ1n) is 8.36. The molecule has 0 aromatic heterocycles. The summed E-state index contributed by atoms with van der Waals surface area (Å²) < 4.78 is 10.7. The molecule has 27 heavy (non-hydrogen) atoms. The molecule has 6 nitrogen and oxygen atoms in total. The van der Waals surface area contributed by atoms with Gasteiger partial charge in [-0.1, -0.05) is 23.7 Å². The molecule has 1 fully saturated rings. The second-order valence-electron chi connectivity index (χ2n) is 6.20. The number of Topliss-reactive ketones (excluding diaryl/α,β-unsaturated/α-hetero) is 1. The Morgan fingerprint density at radius 3 is 2.59 bits per heavy atom. The van der Waals surface area contributed by atoms with Crippen LogP contribution in [-0.2, 0) is 9.59 Å². The van der Waals surface area contributed by atoms with Crippen LogP contribution in [0.4, 0.5) is 5.69 Å². The van der Waals surface area contributed by atoms with Crippen molar-refractivity contribution in [1.82, 2.24) is 0 Å². The predicted octanol–water partition coefficient (Wildman–Crippen LogP) is 3.51. The van der Waals surface area contributed by atoms with E-state index in [2.05, 4.69) is 0 Å². The summed E-state index contributed by atoms with van der Waals surface area (Å²) in [4.78, 5) is 38.2. The fraction of sp³-hybridized carbons (Fsp3) is 0.250. The second-order valence-corrected chi connectivity index (χ2v) is 6.63. The molecule has 0 bridgehead atoms. The Labute approximate surface area is 161 Å². The molecule has 7 heteroatoms. The number of hydrogen-bond donors (Lipinski definition) is 0. The molecule has 0 N–H and O–H groups in total. The zero-order chi connectivity index (χ0) is 19.6. The van der Waals surface area contributed by atoms with Crippen molar-refractivity contribution in [3.05, 3.63) is 53.1 Å². The molecule has 2 aromatic carbocycles. The number of ketones is 1. The minimum Gasteiger partial charge on any atom is -0.495 e. The van der Waals surface area contributed by atoms with Crippen molar-refractivity contribution in [3.63, 3.8) is 0 Å². The molecule has 1 saturated heterocycles. The lowest BCUT2D eigenvalue weighted by Crippen LogP contribution is -2.27. The van der Waals surface area contributed by atoms with Gasteiger partial charge >= 0.3 is 5.97 Å². The van der Waals surface area contributed by atoms with Crippen molar-refractivity contribution in [2.75, 3.05) is 18.6 Å². The molecule has 1 aliphatic rings. The molecule has 1 aliphatic heterocycles. The van der Waals surface area contributed by atoms with Crippen molar-refractivity contribution in [2.24, 2.45) is 5.92 Å². The monoisotopic (exact) mass is 387 g/mol. The largest absolute Gasteiger partial charge is 0.495 e. The Morgan fingerprint density at radius 2 is 1.89 bits per heavy atom. The van der Waals surface area contributed by atoms with E-state index in [4.69, 9.17) is 21.1 Å². The van der Waals surface area contributed by atoms with Gasteiger partial charge in [-0.25, -0.2) is 0 Å². The summed E-state index contributed by atoms with van der Waals surface area (Å²) in [7, 11) is 1.50. The molecule has 0 radical (unpaired) electrons. The molecule has 0 aliphatic carbocycles. The lowest BCUT2D eigenvalue weighted by Gasteiger charge is -2.19. The highest BCUT2D eigenvalue weighted by atomic mass is 35.5. The first-order valence-corrected chi connectivity index (χ1v) is 8.74. The Hall–Kier alpha value is -2.86. The van der Waals surface area contributed by atoms with Crippen molar-refractivity contribution in [1.29, 1.82) is 0 Å². The number of methoxy groups -OCH3 is 1. The highest BCUT2D eigenvalue weighted by Crippen LogP contribution is 2.35. The van der Waals surface area contributed by atoms with Crippen LogP contribution in [-0.4, -0.2) is 31.3 Å². The van der Waals surface area contributed by atoms with Gasteiger partial charge in [-0.2, -0.15) is 0 Å². The van der Waals surface area contributed by atoms with Gasteiger partial charge in [0, 0.05) is 18.0 Å². The number of carbonyl (C=O) groups is 3. The Morgan fingerprint density at radius 1 is 1.15 bits per heavy atom. The van der Waals surface area contributed by atoms with Gasteiger partial charge in [0.1, 0.15) is 11.5 Å². The Balaban J connectivity index is 1.79. The average molecular weight is 388 g/mol. The highest BCUT2D eigenvalue weighted by molar-refractivity contribution is 6.31. The smallest absolute Gasteiger partial charge is 0.316 e. The number of esters is 1. The Bertz CT molecular complexity index is 911. The number of anilines is 1. The van der Waals surface area contributed by atoms with Crippen LogP contribution < -0.4 is 14.4 Å². The van der Waals surface area contributed by atoms with E-state index in [-0.39, 0.29) is 30.4 Å². The maximum Gasteiger partial charge on any atom is 0.316 e. The van der Waals surface area contributed by atoms with Crippen LogP contribution in [0.25, 0.3) is 0 Å². The number of carbonyl (C=O) groups excluding carboxylic acids is 3. The van der Waals surface area contributed by atoms with Gasteiger partial charge in [0.2, 0.25) is 5.91 Å². The van der Waals surface area contributed by atoms with Gasteiger partial charge < -0.3 is 14.4 Å². The van der Waals surface area contributed by atoms with Gasteiger partial charge in [0.15, 0.2) is 5.78 Å². The van der Waals surface area contributed by atoms with Gasteiger partial charge in [0.05, 0.1) is 24.3 Å². The summed E-state index contributed by atoms with van der Waals surface area (Å²) in [5.41, 5.74) is 0.831. The van der Waals surface area contributed by atoms with Gasteiger partial charge in [-0.3, -0.25) is 14.4 Å². The summed E-state index contributed by atoms with van der Waals surface area (Å²) >= 11 is 6.04. The number of halogens is 1. The molecule has 0 spiro atoms. The van der Waals surface area contributed by atoms with Crippen LogP contribution in [0.5, 0.6) is 11.5 Å². The standard InChI is InChI=1S/C20H18ClNO5/c1-12(23)15-5-3-4-6-17(15)27-20(25)13-9-19(24)22(11-13)16-10-14(21)7-8-18(16)26-2/h3-8,10,13H,9,11H2,1-2H3/t13-/m0/s1. The third-order valence-corrected chi connectivity index (χ3v) is 4.60. The van der Waals surface area contributed by atoms with Crippen molar-refractivity contribution in [2.45, 2.75) is 13.3 Å². The van der Waals surface area contributed by atoms with Gasteiger partial charge in [-0.05, 0) is 37.3 Å². The van der Waals surface area contributed by atoms with E-state index in [0.717, 1.165) is 0 Å². The van der Waals surface area contributed by atoms with Crippen LogP contribution in [0.15, 0.2) is 42.5 Å². The normalized spacial score (nSPS) is 16.3. The summed E-state index contributed by atoms with van der Waals surface area (Å²) in [6.07, 6.45) is 0.0107. The minimum atomic E-state index is -0.652. The average Bonchev–Trinajstić information content (AvgIpc) is 3.03. The second kappa shape index (κ2) is 7.80. The van der Waals surface area contributed by atoms with Crippen LogP contribution >= 0.6 is 11.6 Å². The summed E-state index contributed by atoms with van der Waals surface area (Å²) in [6, 6.07) is 11.5. The Kier molecular flexibility index (Phi) is 5.46.